The van der Waals surface area contributed by atoms with E-state index in [1.54, 1.807) is 37.5 Å². The largest absolute Gasteiger partial charge is 0.481 e. The van der Waals surface area contributed by atoms with E-state index in [1.807, 2.05) is 0 Å². The number of rotatable bonds is 6. The standard InChI is InChI=1S/C16H19FN4O3/c1-11(19-16(24)20(2)9-6-15(22)23)12-4-5-14(13(17)10-12)21-8-3-7-18-21/h3-5,7-8,10-11H,6,9H2,1-2H3,(H,19,24)(H,22,23)/t11-/m1/s1. The maximum Gasteiger partial charge on any atom is 0.317 e. The molecular weight excluding hydrogens is 315 g/mol. The quantitative estimate of drug-likeness (QED) is 0.848. The van der Waals surface area contributed by atoms with Gasteiger partial charge in [0.05, 0.1) is 12.5 Å². The van der Waals surface area contributed by atoms with Crippen LogP contribution in [0.25, 0.3) is 5.69 Å². The van der Waals surface area contributed by atoms with Crippen LogP contribution in [-0.2, 0) is 4.79 Å². The Labute approximate surface area is 138 Å². The number of amides is 2. The van der Waals surface area contributed by atoms with E-state index < -0.39 is 23.9 Å². The van der Waals surface area contributed by atoms with Crippen LogP contribution >= 0.6 is 0 Å². The van der Waals surface area contributed by atoms with Gasteiger partial charge in [-0.15, -0.1) is 0 Å². The minimum Gasteiger partial charge on any atom is -0.481 e. The number of carbonyl (C=O) groups excluding carboxylic acids is 1. The van der Waals surface area contributed by atoms with E-state index in [4.69, 9.17) is 5.11 Å². The number of carboxylic acids is 1. The minimum absolute atomic E-state index is 0.0977. The van der Waals surface area contributed by atoms with Crippen molar-refractivity contribution >= 4 is 12.0 Å². The zero-order chi connectivity index (χ0) is 17.7. The molecule has 0 saturated carbocycles. The predicted molar refractivity (Wildman–Crippen MR) is 85.4 cm³/mol. The zero-order valence-corrected chi connectivity index (χ0v) is 13.4. The third-order valence-electron chi connectivity index (χ3n) is 3.57. The molecule has 0 aliphatic heterocycles. The second-order valence-corrected chi connectivity index (χ2v) is 5.40. The molecule has 0 aliphatic carbocycles. The third-order valence-corrected chi connectivity index (χ3v) is 3.57. The Balaban J connectivity index is 2.02. The molecule has 0 spiro atoms. The van der Waals surface area contributed by atoms with E-state index >= 15 is 0 Å². The summed E-state index contributed by atoms with van der Waals surface area (Å²) in [5.41, 5.74) is 0.921. The first-order chi connectivity index (χ1) is 11.4. The number of carboxylic acid groups (broad SMARTS) is 1. The van der Waals surface area contributed by atoms with Crippen molar-refractivity contribution in [2.45, 2.75) is 19.4 Å². The highest BCUT2D eigenvalue weighted by molar-refractivity contribution is 5.75. The molecule has 1 aromatic carbocycles. The van der Waals surface area contributed by atoms with Gasteiger partial charge in [0.25, 0.3) is 0 Å². The first-order valence-electron chi connectivity index (χ1n) is 7.41. The van der Waals surface area contributed by atoms with Crippen molar-refractivity contribution in [3.05, 3.63) is 48.0 Å². The molecule has 1 atom stereocenters. The second kappa shape index (κ2) is 7.58. The average Bonchev–Trinajstić information content (AvgIpc) is 3.06. The van der Waals surface area contributed by atoms with Crippen molar-refractivity contribution < 1.29 is 19.1 Å². The fourth-order valence-electron chi connectivity index (χ4n) is 2.13. The Bertz CT molecular complexity index is 718. The number of nitrogens with one attached hydrogen (secondary N) is 1. The number of halogens is 1. The Kier molecular flexibility index (Phi) is 5.51. The molecule has 2 amide bonds. The summed E-state index contributed by atoms with van der Waals surface area (Å²) < 4.78 is 15.6. The molecule has 2 N–H and O–H groups in total. The second-order valence-electron chi connectivity index (χ2n) is 5.40. The molecule has 0 bridgehead atoms. The lowest BCUT2D eigenvalue weighted by molar-refractivity contribution is -0.137. The number of benzene rings is 1. The van der Waals surface area contributed by atoms with Crippen LogP contribution in [0.2, 0.25) is 0 Å². The summed E-state index contributed by atoms with van der Waals surface area (Å²) in [7, 11) is 1.51. The summed E-state index contributed by atoms with van der Waals surface area (Å²) in [6, 6.07) is 5.50. The van der Waals surface area contributed by atoms with Gasteiger partial charge in [-0.3, -0.25) is 4.79 Å². The molecule has 0 radical (unpaired) electrons. The van der Waals surface area contributed by atoms with Crippen LogP contribution < -0.4 is 5.32 Å². The highest BCUT2D eigenvalue weighted by Gasteiger charge is 2.16. The molecule has 2 aromatic rings. The normalized spacial score (nSPS) is 11.8. The lowest BCUT2D eigenvalue weighted by Crippen LogP contribution is -2.39. The Morgan fingerprint density at radius 2 is 2.21 bits per heavy atom. The van der Waals surface area contributed by atoms with Gasteiger partial charge in [-0.05, 0) is 30.7 Å². The Hall–Kier alpha value is -2.90. The fraction of sp³-hybridized carbons (Fsp3) is 0.312. The van der Waals surface area contributed by atoms with Crippen LogP contribution in [0.4, 0.5) is 9.18 Å². The van der Waals surface area contributed by atoms with Crippen LogP contribution in [0.5, 0.6) is 0 Å². The van der Waals surface area contributed by atoms with E-state index in [2.05, 4.69) is 10.4 Å². The highest BCUT2D eigenvalue weighted by Crippen LogP contribution is 2.19. The summed E-state index contributed by atoms with van der Waals surface area (Å²) in [4.78, 5) is 23.8. The molecule has 8 heteroatoms. The van der Waals surface area contributed by atoms with Gasteiger partial charge in [0.15, 0.2) is 0 Å². The average molecular weight is 334 g/mol. The van der Waals surface area contributed by atoms with Crippen LogP contribution in [0.1, 0.15) is 24.9 Å². The molecule has 128 valence electrons. The fourth-order valence-corrected chi connectivity index (χ4v) is 2.13. The lowest BCUT2D eigenvalue weighted by atomic mass is 10.1. The molecule has 1 heterocycles. The van der Waals surface area contributed by atoms with Crippen LogP contribution in [0, 0.1) is 5.82 Å². The van der Waals surface area contributed by atoms with Gasteiger partial charge in [-0.2, -0.15) is 5.10 Å². The summed E-state index contributed by atoms with van der Waals surface area (Å²) in [5.74, 6) is -1.42. The number of urea groups is 1. The minimum atomic E-state index is -0.973. The number of aliphatic carboxylic acids is 1. The number of hydrogen-bond donors (Lipinski definition) is 2. The number of nitrogens with zero attached hydrogens (tertiary/aromatic N) is 3. The summed E-state index contributed by atoms with van der Waals surface area (Å²) in [6.45, 7) is 1.83. The van der Waals surface area contributed by atoms with Gasteiger partial charge in [-0.1, -0.05) is 6.07 Å². The van der Waals surface area contributed by atoms with Gasteiger partial charge >= 0.3 is 12.0 Å². The molecule has 0 aliphatic rings. The number of carbonyl (C=O) groups is 2. The van der Waals surface area contributed by atoms with Crippen LogP contribution in [0.3, 0.4) is 0 Å². The Morgan fingerprint density at radius 3 is 2.79 bits per heavy atom. The first-order valence-corrected chi connectivity index (χ1v) is 7.41. The van der Waals surface area contributed by atoms with Crippen LogP contribution in [-0.4, -0.2) is 45.4 Å². The smallest absolute Gasteiger partial charge is 0.317 e. The first kappa shape index (κ1) is 17.5. The molecule has 0 unspecified atom stereocenters. The SMILES string of the molecule is C[C@@H](NC(=O)N(C)CCC(=O)O)c1ccc(-n2cccn2)c(F)c1. The van der Waals surface area contributed by atoms with Gasteiger partial charge in [0, 0.05) is 26.0 Å². The zero-order valence-electron chi connectivity index (χ0n) is 13.4. The van der Waals surface area contributed by atoms with Crippen molar-refractivity contribution in [1.82, 2.24) is 20.0 Å². The summed E-state index contributed by atoms with van der Waals surface area (Å²) in [5, 5.41) is 15.3. The highest BCUT2D eigenvalue weighted by atomic mass is 19.1. The van der Waals surface area contributed by atoms with Crippen molar-refractivity contribution in [2.75, 3.05) is 13.6 Å². The predicted octanol–water partition coefficient (Wildman–Crippen LogP) is 2.19. The molecule has 24 heavy (non-hydrogen) atoms. The number of aromatic nitrogens is 2. The van der Waals surface area contributed by atoms with E-state index in [0.29, 0.717) is 11.3 Å². The van der Waals surface area contributed by atoms with Gasteiger partial charge < -0.3 is 15.3 Å². The number of hydrogen-bond acceptors (Lipinski definition) is 3. The Morgan fingerprint density at radius 1 is 1.46 bits per heavy atom. The maximum absolute atomic E-state index is 14.2. The molecule has 0 fully saturated rings. The lowest BCUT2D eigenvalue weighted by Gasteiger charge is -2.21. The molecule has 7 nitrogen and oxygen atoms in total. The molecule has 1 aromatic heterocycles. The topological polar surface area (TPSA) is 87.5 Å². The van der Waals surface area contributed by atoms with Crippen molar-refractivity contribution in [2.24, 2.45) is 0 Å². The molecule has 0 saturated heterocycles. The van der Waals surface area contributed by atoms with Crippen molar-refractivity contribution in [3.63, 3.8) is 0 Å². The maximum atomic E-state index is 14.2. The van der Waals surface area contributed by atoms with E-state index in [0.717, 1.165) is 0 Å². The van der Waals surface area contributed by atoms with Gasteiger partial charge in [0.1, 0.15) is 11.5 Å². The summed E-state index contributed by atoms with van der Waals surface area (Å²) in [6.07, 6.45) is 3.06. The van der Waals surface area contributed by atoms with Gasteiger partial charge in [-0.25, -0.2) is 13.9 Å². The van der Waals surface area contributed by atoms with Crippen molar-refractivity contribution in [3.8, 4) is 5.69 Å². The third kappa shape index (κ3) is 4.31. The summed E-state index contributed by atoms with van der Waals surface area (Å²) >= 11 is 0. The van der Waals surface area contributed by atoms with E-state index in [-0.39, 0.29) is 13.0 Å². The molecular formula is C16H19FN4O3. The van der Waals surface area contributed by atoms with Crippen LogP contribution in [0.15, 0.2) is 36.7 Å². The monoisotopic (exact) mass is 334 g/mol. The van der Waals surface area contributed by atoms with Gasteiger partial charge in [0.2, 0.25) is 0 Å². The van der Waals surface area contributed by atoms with E-state index in [9.17, 15) is 14.0 Å². The van der Waals surface area contributed by atoms with E-state index in [1.165, 1.54) is 22.7 Å². The molecule has 2 rings (SSSR count). The van der Waals surface area contributed by atoms with Crippen molar-refractivity contribution in [1.29, 1.82) is 0 Å².